The lowest BCUT2D eigenvalue weighted by molar-refractivity contribution is -0.00519. The molecular formula is C30H37NO4S. The van der Waals surface area contributed by atoms with E-state index >= 15 is 0 Å². The minimum atomic E-state index is -3.57. The molecule has 36 heavy (non-hydrogen) atoms. The molecule has 2 aromatic carbocycles. The number of carbonyl (C=O) groups is 1. The van der Waals surface area contributed by atoms with Gasteiger partial charge in [0.15, 0.2) is 0 Å². The molecule has 0 N–H and O–H groups in total. The Morgan fingerprint density at radius 1 is 0.806 bits per heavy atom. The van der Waals surface area contributed by atoms with Gasteiger partial charge in [0.2, 0.25) is 10.0 Å². The van der Waals surface area contributed by atoms with E-state index in [1.165, 1.54) is 56.2 Å². The van der Waals surface area contributed by atoms with Crippen molar-refractivity contribution in [3.8, 4) is 5.75 Å². The highest BCUT2D eigenvalue weighted by Gasteiger charge is 2.51. The highest BCUT2D eigenvalue weighted by atomic mass is 32.2. The number of esters is 1. The second kappa shape index (κ2) is 8.98. The van der Waals surface area contributed by atoms with Gasteiger partial charge in [-0.2, -0.15) is 4.31 Å². The third-order valence-corrected chi connectivity index (χ3v) is 11.1. The zero-order valence-electron chi connectivity index (χ0n) is 21.4. The smallest absolute Gasteiger partial charge is 0.343 e. The van der Waals surface area contributed by atoms with Crippen LogP contribution in [0.25, 0.3) is 0 Å². The lowest BCUT2D eigenvalue weighted by atomic mass is 9.48. The largest absolute Gasteiger partial charge is 0.423 e. The summed E-state index contributed by atoms with van der Waals surface area (Å²) < 4.78 is 33.5. The number of nitrogens with zero attached hydrogens (tertiary/aromatic N) is 1. The van der Waals surface area contributed by atoms with Gasteiger partial charge in [0.25, 0.3) is 0 Å². The molecule has 5 fully saturated rings. The predicted octanol–water partition coefficient (Wildman–Crippen LogP) is 6.04. The third kappa shape index (κ3) is 4.41. The zero-order chi connectivity index (χ0) is 25.1. The molecule has 5 nitrogen and oxygen atoms in total. The fourth-order valence-corrected chi connectivity index (χ4v) is 9.90. The molecule has 0 unspecified atom stereocenters. The molecule has 4 bridgehead atoms. The molecule has 1 heterocycles. The van der Waals surface area contributed by atoms with Crippen molar-refractivity contribution in [2.45, 2.75) is 69.1 Å². The topological polar surface area (TPSA) is 63.7 Å². The van der Waals surface area contributed by atoms with Gasteiger partial charge in [0.1, 0.15) is 5.75 Å². The highest BCUT2D eigenvalue weighted by molar-refractivity contribution is 7.89. The Bertz CT molecular complexity index is 1190. The summed E-state index contributed by atoms with van der Waals surface area (Å²) in [6.07, 6.45) is 9.23. The second-order valence-electron chi connectivity index (χ2n) is 12.4. The molecule has 1 saturated heterocycles. The number of hydrogen-bond acceptors (Lipinski definition) is 4. The van der Waals surface area contributed by atoms with E-state index in [1.807, 2.05) is 12.1 Å². The summed E-state index contributed by atoms with van der Waals surface area (Å²) in [6.45, 7) is 5.26. The van der Waals surface area contributed by atoms with E-state index in [9.17, 15) is 13.2 Å². The van der Waals surface area contributed by atoms with Gasteiger partial charge in [-0.3, -0.25) is 0 Å². The van der Waals surface area contributed by atoms with Gasteiger partial charge in [0, 0.05) is 13.1 Å². The molecule has 6 heteroatoms. The van der Waals surface area contributed by atoms with Crippen molar-refractivity contribution >= 4 is 16.0 Å². The van der Waals surface area contributed by atoms with Crippen LogP contribution in [0.15, 0.2) is 53.4 Å². The number of hydrogen-bond donors (Lipinski definition) is 0. The SMILES string of the molecule is C[C@H]1C[C@H](C)CN(S(=O)(=O)c2ccc(C(=O)Oc3ccc(C45CC6CC(CC(C6)C4)C5)cc3)cc2)C1. The van der Waals surface area contributed by atoms with Crippen molar-refractivity contribution in [3.63, 3.8) is 0 Å². The van der Waals surface area contributed by atoms with Crippen molar-refractivity contribution in [1.29, 1.82) is 0 Å². The van der Waals surface area contributed by atoms with Crippen LogP contribution in [-0.4, -0.2) is 31.8 Å². The first-order chi connectivity index (χ1) is 17.2. The van der Waals surface area contributed by atoms with Crippen LogP contribution < -0.4 is 4.74 Å². The maximum Gasteiger partial charge on any atom is 0.343 e. The van der Waals surface area contributed by atoms with Gasteiger partial charge in [-0.25, -0.2) is 13.2 Å². The number of ether oxygens (including phenoxy) is 1. The second-order valence-corrected chi connectivity index (χ2v) is 14.3. The van der Waals surface area contributed by atoms with E-state index in [0.717, 1.165) is 24.2 Å². The fourth-order valence-electron chi connectivity index (χ4n) is 8.22. The van der Waals surface area contributed by atoms with Crippen molar-refractivity contribution in [3.05, 3.63) is 59.7 Å². The molecule has 1 aliphatic heterocycles. The Balaban J connectivity index is 1.12. The Hall–Kier alpha value is -2.18. The average molecular weight is 508 g/mol. The number of benzene rings is 2. The quantitative estimate of drug-likeness (QED) is 0.366. The van der Waals surface area contributed by atoms with E-state index in [-0.39, 0.29) is 4.90 Å². The van der Waals surface area contributed by atoms with Crippen LogP contribution >= 0.6 is 0 Å². The van der Waals surface area contributed by atoms with Crippen molar-refractivity contribution in [2.75, 3.05) is 13.1 Å². The molecule has 7 rings (SSSR count). The number of carbonyl (C=O) groups excluding carboxylic acids is 1. The lowest BCUT2D eigenvalue weighted by Gasteiger charge is -2.57. The maximum absolute atomic E-state index is 13.1. The van der Waals surface area contributed by atoms with Gasteiger partial charge >= 0.3 is 5.97 Å². The van der Waals surface area contributed by atoms with E-state index in [4.69, 9.17) is 4.74 Å². The van der Waals surface area contributed by atoms with Crippen molar-refractivity contribution < 1.29 is 17.9 Å². The molecule has 0 spiro atoms. The minimum absolute atomic E-state index is 0.222. The standard InChI is InChI=1S/C30H37NO4S/c1-20-11-21(2)19-31(18-20)36(33,34)28-9-3-25(4-10-28)29(32)35-27-7-5-26(6-8-27)30-15-22-12-23(16-30)14-24(13-22)17-30/h3-10,20-24H,11-19H2,1-2H3/t20-,21-,22?,23?,24?,30?/m0/s1. The average Bonchev–Trinajstić information content (AvgIpc) is 2.83. The normalized spacial score (nSPS) is 34.0. The molecule has 4 aliphatic carbocycles. The first-order valence-corrected chi connectivity index (χ1v) is 15.1. The number of piperidine rings is 1. The van der Waals surface area contributed by atoms with Crippen LogP contribution in [0.1, 0.15) is 74.7 Å². The molecule has 5 aliphatic rings. The molecule has 0 amide bonds. The van der Waals surface area contributed by atoms with E-state index in [0.29, 0.717) is 41.7 Å². The monoisotopic (exact) mass is 507 g/mol. The Morgan fingerprint density at radius 2 is 1.33 bits per heavy atom. The lowest BCUT2D eigenvalue weighted by Crippen LogP contribution is -2.48. The molecule has 192 valence electrons. The molecule has 0 radical (unpaired) electrons. The highest BCUT2D eigenvalue weighted by Crippen LogP contribution is 2.60. The van der Waals surface area contributed by atoms with Crippen LogP contribution in [0.3, 0.4) is 0 Å². The summed E-state index contributed by atoms with van der Waals surface area (Å²) in [6, 6.07) is 14.3. The van der Waals surface area contributed by atoms with Gasteiger partial charge < -0.3 is 4.74 Å². The molecule has 2 aromatic rings. The minimum Gasteiger partial charge on any atom is -0.423 e. The fraction of sp³-hybridized carbons (Fsp3) is 0.567. The van der Waals surface area contributed by atoms with Gasteiger partial charge in [-0.05, 0) is 122 Å². The van der Waals surface area contributed by atoms with E-state index in [1.54, 1.807) is 16.4 Å². The first kappa shape index (κ1) is 24.2. The summed E-state index contributed by atoms with van der Waals surface area (Å²) in [5, 5.41) is 0. The molecular weight excluding hydrogens is 470 g/mol. The summed E-state index contributed by atoms with van der Waals surface area (Å²) in [5.74, 6) is 3.41. The van der Waals surface area contributed by atoms with Crippen LogP contribution in [0.2, 0.25) is 0 Å². The van der Waals surface area contributed by atoms with Crippen molar-refractivity contribution in [2.24, 2.45) is 29.6 Å². The Kier molecular flexibility index (Phi) is 6.03. The van der Waals surface area contributed by atoms with Gasteiger partial charge in [-0.15, -0.1) is 0 Å². The van der Waals surface area contributed by atoms with E-state index < -0.39 is 16.0 Å². The molecule has 4 saturated carbocycles. The summed E-state index contributed by atoms with van der Waals surface area (Å²) >= 11 is 0. The third-order valence-electron chi connectivity index (χ3n) is 9.28. The molecule has 0 aromatic heterocycles. The van der Waals surface area contributed by atoms with Crippen LogP contribution in [0.4, 0.5) is 0 Å². The Morgan fingerprint density at radius 3 is 1.86 bits per heavy atom. The summed E-state index contributed by atoms with van der Waals surface area (Å²) in [7, 11) is -3.57. The summed E-state index contributed by atoms with van der Waals surface area (Å²) in [4.78, 5) is 13.0. The van der Waals surface area contributed by atoms with E-state index in [2.05, 4.69) is 26.0 Å². The number of sulfonamides is 1. The molecule has 2 atom stereocenters. The van der Waals surface area contributed by atoms with Crippen molar-refractivity contribution in [1.82, 2.24) is 4.31 Å². The van der Waals surface area contributed by atoms with Gasteiger partial charge in [-0.1, -0.05) is 26.0 Å². The summed E-state index contributed by atoms with van der Waals surface area (Å²) in [5.41, 5.74) is 2.07. The number of rotatable bonds is 5. The van der Waals surface area contributed by atoms with Crippen LogP contribution in [-0.2, 0) is 15.4 Å². The zero-order valence-corrected chi connectivity index (χ0v) is 22.2. The Labute approximate surface area is 215 Å². The maximum atomic E-state index is 13.1. The van der Waals surface area contributed by atoms with Gasteiger partial charge in [0.05, 0.1) is 10.5 Å². The van der Waals surface area contributed by atoms with Crippen LogP contribution in [0.5, 0.6) is 5.75 Å². The first-order valence-electron chi connectivity index (χ1n) is 13.6. The predicted molar refractivity (Wildman–Crippen MR) is 139 cm³/mol. The van der Waals surface area contributed by atoms with Crippen LogP contribution in [0, 0.1) is 29.6 Å².